The van der Waals surface area contributed by atoms with Gasteiger partial charge in [0.15, 0.2) is 4.77 Å². The Balaban J connectivity index is 2.04. The molecule has 0 saturated carbocycles. The summed E-state index contributed by atoms with van der Waals surface area (Å²) < 4.78 is 6.27. The van der Waals surface area contributed by atoms with Crippen molar-refractivity contribution in [1.82, 2.24) is 9.97 Å². The molecule has 0 aliphatic heterocycles. The smallest absolute Gasteiger partial charge is 0.174 e. The number of aryl methyl sites for hydroxylation is 2. The molecule has 16 heavy (non-hydrogen) atoms. The van der Waals surface area contributed by atoms with Crippen LogP contribution in [0.3, 0.4) is 0 Å². The summed E-state index contributed by atoms with van der Waals surface area (Å²) in [6, 6.07) is 6.07. The number of aromatic nitrogens is 2. The highest BCUT2D eigenvalue weighted by molar-refractivity contribution is 7.71. The minimum absolute atomic E-state index is 0.496. The number of H-pyrrole nitrogens is 2. The van der Waals surface area contributed by atoms with Crippen LogP contribution in [0.5, 0.6) is 5.75 Å². The number of hydrogen-bond donors (Lipinski definition) is 2. The second-order valence-electron chi connectivity index (χ2n) is 3.80. The number of aromatic amines is 2. The predicted octanol–water partition coefficient (Wildman–Crippen LogP) is 3.27. The van der Waals surface area contributed by atoms with Gasteiger partial charge in [0.05, 0.1) is 5.69 Å². The third kappa shape index (κ3) is 2.52. The minimum atomic E-state index is 0.496. The molecule has 1 aromatic heterocycles. The van der Waals surface area contributed by atoms with Crippen molar-refractivity contribution in [2.24, 2.45) is 0 Å². The SMILES string of the molecule is Cc1ccc(OCc2c[nH]c(=S)[nH]2)cc1C. The number of ether oxygens (including phenoxy) is 1. The summed E-state index contributed by atoms with van der Waals surface area (Å²) >= 11 is 4.93. The Hall–Kier alpha value is -1.55. The first kappa shape index (κ1) is 11.0. The van der Waals surface area contributed by atoms with Gasteiger partial charge < -0.3 is 14.7 Å². The molecule has 4 heteroatoms. The molecule has 1 aromatic carbocycles. The number of rotatable bonds is 3. The van der Waals surface area contributed by atoms with Gasteiger partial charge in [0, 0.05) is 6.20 Å². The van der Waals surface area contributed by atoms with E-state index in [-0.39, 0.29) is 0 Å². The fourth-order valence-electron chi connectivity index (χ4n) is 1.41. The monoisotopic (exact) mass is 234 g/mol. The highest BCUT2D eigenvalue weighted by Crippen LogP contribution is 2.17. The second kappa shape index (κ2) is 4.53. The van der Waals surface area contributed by atoms with Crippen LogP contribution in [-0.2, 0) is 6.61 Å². The van der Waals surface area contributed by atoms with Crippen molar-refractivity contribution < 1.29 is 4.74 Å². The van der Waals surface area contributed by atoms with Gasteiger partial charge in [-0.2, -0.15) is 0 Å². The molecular formula is C12H14N2OS. The fraction of sp³-hybridized carbons (Fsp3) is 0.250. The van der Waals surface area contributed by atoms with Crippen LogP contribution < -0.4 is 4.74 Å². The first-order valence-corrected chi connectivity index (χ1v) is 5.52. The molecule has 0 bridgehead atoms. The Morgan fingerprint density at radius 3 is 2.69 bits per heavy atom. The summed E-state index contributed by atoms with van der Waals surface area (Å²) in [7, 11) is 0. The van der Waals surface area contributed by atoms with Crippen LogP contribution in [0.25, 0.3) is 0 Å². The van der Waals surface area contributed by atoms with Crippen molar-refractivity contribution in [3.8, 4) is 5.75 Å². The number of imidazole rings is 1. The molecule has 0 fully saturated rings. The summed E-state index contributed by atoms with van der Waals surface area (Å²) in [6.07, 6.45) is 1.82. The van der Waals surface area contributed by atoms with Crippen LogP contribution in [0.4, 0.5) is 0 Å². The van der Waals surface area contributed by atoms with Gasteiger partial charge in [-0.3, -0.25) is 0 Å². The van der Waals surface area contributed by atoms with Crippen molar-refractivity contribution in [3.63, 3.8) is 0 Å². The third-order valence-electron chi connectivity index (χ3n) is 2.52. The van der Waals surface area contributed by atoms with Gasteiger partial charge in [-0.15, -0.1) is 0 Å². The fourth-order valence-corrected chi connectivity index (χ4v) is 1.60. The van der Waals surface area contributed by atoms with Gasteiger partial charge in [0.1, 0.15) is 12.4 Å². The highest BCUT2D eigenvalue weighted by atomic mass is 32.1. The molecule has 0 aliphatic rings. The van der Waals surface area contributed by atoms with E-state index in [4.69, 9.17) is 17.0 Å². The first-order valence-electron chi connectivity index (χ1n) is 5.12. The zero-order chi connectivity index (χ0) is 11.5. The largest absolute Gasteiger partial charge is 0.487 e. The van der Waals surface area contributed by atoms with Crippen molar-refractivity contribution in [3.05, 3.63) is 46.0 Å². The summed E-state index contributed by atoms with van der Waals surface area (Å²) in [5.74, 6) is 0.878. The average Bonchev–Trinajstić information content (AvgIpc) is 2.66. The van der Waals surface area contributed by atoms with E-state index >= 15 is 0 Å². The lowest BCUT2D eigenvalue weighted by atomic mass is 10.1. The van der Waals surface area contributed by atoms with Gasteiger partial charge in [-0.25, -0.2) is 0 Å². The molecule has 0 atom stereocenters. The van der Waals surface area contributed by atoms with E-state index in [1.54, 1.807) is 0 Å². The van der Waals surface area contributed by atoms with E-state index in [2.05, 4.69) is 29.9 Å². The summed E-state index contributed by atoms with van der Waals surface area (Å²) in [4.78, 5) is 5.91. The van der Waals surface area contributed by atoms with Crippen molar-refractivity contribution in [1.29, 1.82) is 0 Å². The topological polar surface area (TPSA) is 40.8 Å². The van der Waals surface area contributed by atoms with Crippen molar-refractivity contribution in [2.75, 3.05) is 0 Å². The van der Waals surface area contributed by atoms with Crippen LogP contribution >= 0.6 is 12.2 Å². The number of hydrogen-bond acceptors (Lipinski definition) is 2. The Bertz CT molecular complexity index is 542. The molecule has 0 saturated heterocycles. The van der Waals surface area contributed by atoms with Crippen LogP contribution in [-0.4, -0.2) is 9.97 Å². The maximum Gasteiger partial charge on any atom is 0.174 e. The normalized spacial score (nSPS) is 10.4. The standard InChI is InChI=1S/C12H14N2OS/c1-8-3-4-11(5-9(8)2)15-7-10-6-13-12(16)14-10/h3-6H,7H2,1-2H3,(H2,13,14,16). The summed E-state index contributed by atoms with van der Waals surface area (Å²) in [5, 5.41) is 0. The van der Waals surface area contributed by atoms with E-state index < -0.39 is 0 Å². The Kier molecular flexibility index (Phi) is 3.10. The lowest BCUT2D eigenvalue weighted by Gasteiger charge is -2.06. The molecule has 1 heterocycles. The van der Waals surface area contributed by atoms with Crippen molar-refractivity contribution in [2.45, 2.75) is 20.5 Å². The van der Waals surface area contributed by atoms with Gasteiger partial charge >= 0.3 is 0 Å². The van der Waals surface area contributed by atoms with E-state index in [9.17, 15) is 0 Å². The molecule has 0 unspecified atom stereocenters. The zero-order valence-electron chi connectivity index (χ0n) is 9.33. The maximum absolute atomic E-state index is 5.64. The molecule has 0 amide bonds. The summed E-state index contributed by atoms with van der Waals surface area (Å²) in [5.41, 5.74) is 3.45. The molecule has 0 radical (unpaired) electrons. The zero-order valence-corrected chi connectivity index (χ0v) is 10.1. The molecule has 2 N–H and O–H groups in total. The van der Waals surface area contributed by atoms with Crippen LogP contribution in [0.2, 0.25) is 0 Å². The average molecular weight is 234 g/mol. The molecule has 3 nitrogen and oxygen atoms in total. The number of benzene rings is 1. The molecule has 2 rings (SSSR count). The maximum atomic E-state index is 5.64. The molecule has 0 aliphatic carbocycles. The Morgan fingerprint density at radius 1 is 1.25 bits per heavy atom. The minimum Gasteiger partial charge on any atom is -0.487 e. The van der Waals surface area contributed by atoms with Crippen molar-refractivity contribution >= 4 is 12.2 Å². The number of nitrogens with one attached hydrogen (secondary N) is 2. The van der Waals surface area contributed by atoms with Gasteiger partial charge in [-0.1, -0.05) is 6.07 Å². The van der Waals surface area contributed by atoms with Crippen LogP contribution in [0, 0.1) is 18.6 Å². The third-order valence-corrected chi connectivity index (χ3v) is 2.74. The molecule has 84 valence electrons. The lowest BCUT2D eigenvalue weighted by molar-refractivity contribution is 0.301. The van der Waals surface area contributed by atoms with E-state index in [1.165, 1.54) is 11.1 Å². The van der Waals surface area contributed by atoms with Gasteiger partial charge in [-0.05, 0) is 49.3 Å². The molecule has 0 spiro atoms. The Labute approximate surface area is 99.5 Å². The predicted molar refractivity (Wildman–Crippen MR) is 66.2 cm³/mol. The summed E-state index contributed by atoms with van der Waals surface area (Å²) in [6.45, 7) is 4.66. The van der Waals surface area contributed by atoms with E-state index in [0.29, 0.717) is 11.4 Å². The highest BCUT2D eigenvalue weighted by Gasteiger charge is 1.99. The second-order valence-corrected chi connectivity index (χ2v) is 4.21. The van der Waals surface area contributed by atoms with Gasteiger partial charge in [0.25, 0.3) is 0 Å². The molecule has 2 aromatic rings. The van der Waals surface area contributed by atoms with Gasteiger partial charge in [0.2, 0.25) is 0 Å². The quantitative estimate of drug-likeness (QED) is 0.800. The van der Waals surface area contributed by atoms with E-state index in [1.807, 2.05) is 18.3 Å². The van der Waals surface area contributed by atoms with E-state index in [0.717, 1.165) is 11.4 Å². The lowest BCUT2D eigenvalue weighted by Crippen LogP contribution is -1.96. The van der Waals surface area contributed by atoms with Crippen LogP contribution in [0.15, 0.2) is 24.4 Å². The Morgan fingerprint density at radius 2 is 2.06 bits per heavy atom. The first-order chi connectivity index (χ1) is 7.65. The van der Waals surface area contributed by atoms with Crippen LogP contribution in [0.1, 0.15) is 16.8 Å². The molecular weight excluding hydrogens is 220 g/mol.